The molecule has 0 aliphatic carbocycles. The Morgan fingerprint density at radius 2 is 2.31 bits per heavy atom. The molecule has 0 aliphatic heterocycles. The summed E-state index contributed by atoms with van der Waals surface area (Å²) >= 11 is 0. The molecule has 1 aromatic rings. The van der Waals surface area contributed by atoms with Crippen LogP contribution in [0.2, 0.25) is 0 Å². The molecule has 13 heavy (non-hydrogen) atoms. The first kappa shape index (κ1) is 9.27. The van der Waals surface area contributed by atoms with Crippen LogP contribution in [0.4, 0.5) is 4.39 Å². The van der Waals surface area contributed by atoms with Crippen LogP contribution in [0.5, 0.6) is 0 Å². The topological polar surface area (TPSA) is 26.3 Å². The van der Waals surface area contributed by atoms with E-state index in [1.807, 2.05) is 0 Å². The highest BCUT2D eigenvalue weighted by molar-refractivity contribution is 5.92. The van der Waals surface area contributed by atoms with Crippen molar-refractivity contribution < 1.29 is 13.9 Å². The lowest BCUT2D eigenvalue weighted by molar-refractivity contribution is 0.0595. The molecular formula is C10H7FO2. The third kappa shape index (κ3) is 1.67. The maximum Gasteiger partial charge on any atom is 0.342 e. The maximum absolute atomic E-state index is 13.1. The summed E-state index contributed by atoms with van der Waals surface area (Å²) in [4.78, 5) is 11.1. The van der Waals surface area contributed by atoms with E-state index in [-0.39, 0.29) is 11.1 Å². The van der Waals surface area contributed by atoms with Crippen molar-refractivity contribution in [2.45, 2.75) is 0 Å². The molecule has 2 nitrogen and oxygen atoms in total. The van der Waals surface area contributed by atoms with Gasteiger partial charge < -0.3 is 4.74 Å². The van der Waals surface area contributed by atoms with Crippen molar-refractivity contribution in [1.29, 1.82) is 0 Å². The Morgan fingerprint density at radius 3 is 2.85 bits per heavy atom. The van der Waals surface area contributed by atoms with Crippen LogP contribution in [0.15, 0.2) is 18.2 Å². The Balaban J connectivity index is 3.33. The second-order valence-electron chi connectivity index (χ2n) is 2.30. The monoisotopic (exact) mass is 178 g/mol. The van der Waals surface area contributed by atoms with Crippen LogP contribution in [0.3, 0.4) is 0 Å². The molecule has 0 amide bonds. The standard InChI is InChI=1S/C10H7FO2/c1-3-7-5-4-6-8(11)9(7)10(12)13-2/h1,4-6H,2H3. The molecule has 0 aromatic heterocycles. The fourth-order valence-electron chi connectivity index (χ4n) is 0.954. The zero-order chi connectivity index (χ0) is 9.84. The Labute approximate surface area is 75.3 Å². The molecule has 0 N–H and O–H groups in total. The number of carbonyl (C=O) groups excluding carboxylic acids is 1. The second-order valence-corrected chi connectivity index (χ2v) is 2.30. The van der Waals surface area contributed by atoms with Gasteiger partial charge in [0.05, 0.1) is 7.11 Å². The molecule has 0 spiro atoms. The van der Waals surface area contributed by atoms with Crippen LogP contribution < -0.4 is 0 Å². The third-order valence-electron chi connectivity index (χ3n) is 1.56. The number of ether oxygens (including phenoxy) is 1. The number of benzene rings is 1. The minimum absolute atomic E-state index is 0.187. The molecule has 66 valence electrons. The smallest absolute Gasteiger partial charge is 0.342 e. The van der Waals surface area contributed by atoms with Crippen molar-refractivity contribution in [3.63, 3.8) is 0 Å². The molecule has 0 saturated heterocycles. The van der Waals surface area contributed by atoms with E-state index in [4.69, 9.17) is 6.42 Å². The Kier molecular flexibility index (Phi) is 2.65. The van der Waals surface area contributed by atoms with Gasteiger partial charge in [-0.15, -0.1) is 6.42 Å². The van der Waals surface area contributed by atoms with Gasteiger partial charge in [0.15, 0.2) is 0 Å². The third-order valence-corrected chi connectivity index (χ3v) is 1.56. The fourth-order valence-corrected chi connectivity index (χ4v) is 0.954. The van der Waals surface area contributed by atoms with Crippen LogP contribution in [-0.2, 0) is 4.74 Å². The molecule has 0 heterocycles. The van der Waals surface area contributed by atoms with Gasteiger partial charge in [0.25, 0.3) is 0 Å². The van der Waals surface area contributed by atoms with Crippen LogP contribution in [0, 0.1) is 18.2 Å². The summed E-state index contributed by atoms with van der Waals surface area (Å²) in [5, 5.41) is 0. The van der Waals surface area contributed by atoms with E-state index in [0.29, 0.717) is 0 Å². The molecule has 1 aromatic carbocycles. The first-order chi connectivity index (χ1) is 6.20. The molecule has 0 bridgehead atoms. The van der Waals surface area contributed by atoms with Crippen molar-refractivity contribution in [2.24, 2.45) is 0 Å². The highest BCUT2D eigenvalue weighted by Gasteiger charge is 2.15. The first-order valence-corrected chi connectivity index (χ1v) is 3.54. The summed E-state index contributed by atoms with van der Waals surface area (Å²) in [6.07, 6.45) is 5.09. The van der Waals surface area contributed by atoms with E-state index in [0.717, 1.165) is 6.07 Å². The number of halogens is 1. The van der Waals surface area contributed by atoms with Gasteiger partial charge in [-0.25, -0.2) is 9.18 Å². The Bertz CT molecular complexity index is 377. The SMILES string of the molecule is C#Cc1cccc(F)c1C(=O)OC. The predicted molar refractivity (Wildman–Crippen MR) is 45.7 cm³/mol. The van der Waals surface area contributed by atoms with Crippen LogP contribution >= 0.6 is 0 Å². The highest BCUT2D eigenvalue weighted by Crippen LogP contribution is 2.13. The molecule has 0 atom stereocenters. The Morgan fingerprint density at radius 1 is 1.62 bits per heavy atom. The summed E-state index contributed by atoms with van der Waals surface area (Å²) in [5.41, 5.74) is 0.0133. The first-order valence-electron chi connectivity index (χ1n) is 3.54. The van der Waals surface area contributed by atoms with E-state index >= 15 is 0 Å². The number of carbonyl (C=O) groups is 1. The second kappa shape index (κ2) is 3.72. The highest BCUT2D eigenvalue weighted by atomic mass is 19.1. The lowest BCUT2D eigenvalue weighted by Gasteiger charge is -2.02. The quantitative estimate of drug-likeness (QED) is 0.482. The molecule has 0 saturated carbocycles. The molecule has 0 unspecified atom stereocenters. The van der Waals surface area contributed by atoms with Crippen molar-refractivity contribution in [2.75, 3.05) is 7.11 Å². The van der Waals surface area contributed by atoms with Crippen LogP contribution in [0.25, 0.3) is 0 Å². The van der Waals surface area contributed by atoms with Gasteiger partial charge in [-0.2, -0.15) is 0 Å². The largest absolute Gasteiger partial charge is 0.465 e. The lowest BCUT2D eigenvalue weighted by atomic mass is 10.1. The minimum atomic E-state index is -0.758. The van der Waals surface area contributed by atoms with Gasteiger partial charge in [0.1, 0.15) is 11.4 Å². The summed E-state index contributed by atoms with van der Waals surface area (Å²) in [7, 11) is 1.18. The molecular weight excluding hydrogens is 171 g/mol. The van der Waals surface area contributed by atoms with Crippen LogP contribution in [0.1, 0.15) is 15.9 Å². The summed E-state index contributed by atoms with van der Waals surface area (Å²) in [6, 6.07) is 4.08. The molecule has 0 fully saturated rings. The molecule has 0 aliphatic rings. The molecule has 1 rings (SSSR count). The number of rotatable bonds is 1. The zero-order valence-corrected chi connectivity index (χ0v) is 7.00. The van der Waals surface area contributed by atoms with E-state index in [9.17, 15) is 9.18 Å². The number of terminal acetylenes is 1. The van der Waals surface area contributed by atoms with E-state index in [1.165, 1.54) is 19.2 Å². The van der Waals surface area contributed by atoms with Crippen LogP contribution in [-0.4, -0.2) is 13.1 Å². The maximum atomic E-state index is 13.1. The number of hydrogen-bond donors (Lipinski definition) is 0. The predicted octanol–water partition coefficient (Wildman–Crippen LogP) is 1.59. The average Bonchev–Trinajstić information content (AvgIpc) is 2.16. The number of esters is 1. The normalized spacial score (nSPS) is 9.00. The zero-order valence-electron chi connectivity index (χ0n) is 7.00. The summed E-state index contributed by atoms with van der Waals surface area (Å²) < 4.78 is 17.5. The average molecular weight is 178 g/mol. The molecule has 3 heteroatoms. The van der Waals surface area contributed by atoms with Gasteiger partial charge in [-0.3, -0.25) is 0 Å². The van der Waals surface area contributed by atoms with Gasteiger partial charge in [0, 0.05) is 5.56 Å². The van der Waals surface area contributed by atoms with E-state index < -0.39 is 11.8 Å². The van der Waals surface area contributed by atoms with Crippen molar-refractivity contribution in [3.8, 4) is 12.3 Å². The minimum Gasteiger partial charge on any atom is -0.465 e. The lowest BCUT2D eigenvalue weighted by Crippen LogP contribution is -2.06. The fraction of sp³-hybridized carbons (Fsp3) is 0.100. The van der Waals surface area contributed by atoms with E-state index in [1.54, 1.807) is 0 Å². The van der Waals surface area contributed by atoms with Gasteiger partial charge in [-0.05, 0) is 12.1 Å². The molecule has 0 radical (unpaired) electrons. The number of hydrogen-bond acceptors (Lipinski definition) is 2. The summed E-state index contributed by atoms with van der Waals surface area (Å²) in [5.74, 6) is 0.788. The van der Waals surface area contributed by atoms with Crippen molar-refractivity contribution in [3.05, 3.63) is 35.1 Å². The summed E-state index contributed by atoms with van der Waals surface area (Å²) in [6.45, 7) is 0. The Hall–Kier alpha value is -1.82. The van der Waals surface area contributed by atoms with E-state index in [2.05, 4.69) is 10.7 Å². The van der Waals surface area contributed by atoms with Gasteiger partial charge >= 0.3 is 5.97 Å². The van der Waals surface area contributed by atoms with Gasteiger partial charge in [-0.1, -0.05) is 12.0 Å². The van der Waals surface area contributed by atoms with Crippen molar-refractivity contribution in [1.82, 2.24) is 0 Å². The number of methoxy groups -OCH3 is 1. The van der Waals surface area contributed by atoms with Crippen molar-refractivity contribution >= 4 is 5.97 Å². The van der Waals surface area contributed by atoms with Gasteiger partial charge in [0.2, 0.25) is 0 Å².